The summed E-state index contributed by atoms with van der Waals surface area (Å²) < 4.78 is 17.9. The molecule has 196 valence electrons. The number of rotatable bonds is 6. The van der Waals surface area contributed by atoms with Gasteiger partial charge in [0.05, 0.1) is 24.2 Å². The van der Waals surface area contributed by atoms with Gasteiger partial charge in [0.2, 0.25) is 0 Å². The van der Waals surface area contributed by atoms with Gasteiger partial charge in [-0.1, -0.05) is 11.6 Å². The van der Waals surface area contributed by atoms with E-state index in [-0.39, 0.29) is 24.1 Å². The number of carbonyl (C=O) groups is 1. The molecule has 2 aromatic rings. The van der Waals surface area contributed by atoms with Gasteiger partial charge in [-0.05, 0) is 71.7 Å². The van der Waals surface area contributed by atoms with Crippen molar-refractivity contribution in [3.05, 3.63) is 49.9 Å². The number of aromatic nitrogens is 1. The summed E-state index contributed by atoms with van der Waals surface area (Å²) in [5, 5.41) is 0.341. The molecule has 1 N–H and O–H groups in total. The lowest BCUT2D eigenvalue weighted by atomic mass is 9.82. The lowest BCUT2D eigenvalue weighted by Crippen LogP contribution is -2.41. The molecule has 0 spiro atoms. The maximum absolute atomic E-state index is 13.5. The Morgan fingerprint density at radius 1 is 1.14 bits per heavy atom. The number of halogens is 1. The SMILES string of the molecule is COc1cc(C)[nH]c(=O)c1CN(C)C(=O)c1cc(Cl)c2c(c1C)O[C@@H](C1CCC(N(C)C)CC1)CO2. The van der Waals surface area contributed by atoms with Crippen LogP contribution in [0.1, 0.15) is 52.9 Å². The Kier molecular flexibility index (Phi) is 7.85. The molecular formula is C27H36ClN3O5. The highest BCUT2D eigenvalue weighted by Crippen LogP contribution is 2.45. The topological polar surface area (TPSA) is 84.1 Å². The summed E-state index contributed by atoms with van der Waals surface area (Å²) in [5.74, 6) is 1.60. The summed E-state index contributed by atoms with van der Waals surface area (Å²) in [4.78, 5) is 32.6. The maximum atomic E-state index is 13.5. The van der Waals surface area contributed by atoms with Crippen LogP contribution in [0.5, 0.6) is 17.2 Å². The molecule has 0 radical (unpaired) electrons. The van der Waals surface area contributed by atoms with Gasteiger partial charge in [-0.3, -0.25) is 9.59 Å². The second-order valence-electron chi connectivity index (χ2n) is 10.2. The number of nitrogens with one attached hydrogen (secondary N) is 1. The van der Waals surface area contributed by atoms with Crippen molar-refractivity contribution in [2.24, 2.45) is 5.92 Å². The number of amides is 1. The first kappa shape index (κ1) is 26.4. The number of aromatic amines is 1. The normalized spacial score (nSPS) is 21.4. The van der Waals surface area contributed by atoms with Crippen LogP contribution in [0.4, 0.5) is 0 Å². The Hall–Kier alpha value is -2.71. The third-order valence-electron chi connectivity index (χ3n) is 7.52. The van der Waals surface area contributed by atoms with Gasteiger partial charge in [0.25, 0.3) is 11.5 Å². The van der Waals surface area contributed by atoms with Crippen LogP contribution in [0.2, 0.25) is 5.02 Å². The van der Waals surface area contributed by atoms with Crippen LogP contribution in [-0.2, 0) is 6.54 Å². The van der Waals surface area contributed by atoms with Crippen molar-refractivity contribution in [3.63, 3.8) is 0 Å². The number of nitrogens with zero attached hydrogens (tertiary/aromatic N) is 2. The third-order valence-corrected chi connectivity index (χ3v) is 7.80. The molecular weight excluding hydrogens is 482 g/mol. The van der Waals surface area contributed by atoms with E-state index in [1.165, 1.54) is 12.0 Å². The number of aryl methyl sites for hydroxylation is 1. The van der Waals surface area contributed by atoms with E-state index in [1.54, 1.807) is 26.1 Å². The van der Waals surface area contributed by atoms with Gasteiger partial charge in [-0.25, -0.2) is 0 Å². The quantitative estimate of drug-likeness (QED) is 0.618. The second-order valence-corrected chi connectivity index (χ2v) is 10.6. The molecule has 2 aliphatic rings. The highest BCUT2D eigenvalue weighted by molar-refractivity contribution is 6.32. The van der Waals surface area contributed by atoms with Crippen molar-refractivity contribution < 1.29 is 19.0 Å². The van der Waals surface area contributed by atoms with E-state index in [1.807, 2.05) is 6.92 Å². The van der Waals surface area contributed by atoms with Gasteiger partial charge in [0, 0.05) is 29.9 Å². The Bertz CT molecular complexity index is 1190. The summed E-state index contributed by atoms with van der Waals surface area (Å²) in [7, 11) is 7.42. The molecule has 1 aliphatic heterocycles. The molecule has 36 heavy (non-hydrogen) atoms. The number of H-pyrrole nitrogens is 1. The van der Waals surface area contributed by atoms with Crippen molar-refractivity contribution in [3.8, 4) is 17.2 Å². The summed E-state index contributed by atoms with van der Waals surface area (Å²) in [6, 6.07) is 3.97. The number of benzene rings is 1. The Morgan fingerprint density at radius 2 is 1.83 bits per heavy atom. The molecule has 0 unspecified atom stereocenters. The highest BCUT2D eigenvalue weighted by atomic mass is 35.5. The van der Waals surface area contributed by atoms with E-state index < -0.39 is 0 Å². The van der Waals surface area contributed by atoms with Crippen LogP contribution in [0.25, 0.3) is 0 Å². The standard InChI is InChI=1S/C27H36ClN3O5/c1-15-11-22(34-6)20(26(32)29-15)13-31(5)27(33)19-12-21(28)25-24(16(19)2)36-23(14-35-25)17-7-9-18(10-8-17)30(3)4/h11-12,17-18,23H,7-10,13-14H2,1-6H3,(H,29,32)/t17?,18?,23-/m1/s1. The molecule has 2 heterocycles. The van der Waals surface area contributed by atoms with Crippen molar-refractivity contribution in [1.29, 1.82) is 0 Å². The fourth-order valence-electron chi connectivity index (χ4n) is 5.31. The first-order valence-corrected chi connectivity index (χ1v) is 12.8. The Morgan fingerprint density at radius 3 is 2.47 bits per heavy atom. The van der Waals surface area contributed by atoms with Gasteiger partial charge < -0.3 is 29.0 Å². The molecule has 1 amide bonds. The van der Waals surface area contributed by atoms with Crippen LogP contribution in [0, 0.1) is 19.8 Å². The van der Waals surface area contributed by atoms with Crippen molar-refractivity contribution in [2.75, 3.05) is 34.9 Å². The van der Waals surface area contributed by atoms with E-state index in [0.717, 1.165) is 25.7 Å². The first-order chi connectivity index (χ1) is 17.1. The molecule has 1 saturated carbocycles. The molecule has 1 aromatic heterocycles. The molecule has 0 saturated heterocycles. The Labute approximate surface area is 217 Å². The maximum Gasteiger partial charge on any atom is 0.256 e. The fourth-order valence-corrected chi connectivity index (χ4v) is 5.56. The van der Waals surface area contributed by atoms with Crippen molar-refractivity contribution in [2.45, 2.75) is 58.2 Å². The molecule has 1 aliphatic carbocycles. The molecule has 1 aromatic carbocycles. The minimum atomic E-state index is -0.282. The average Bonchev–Trinajstić information content (AvgIpc) is 2.86. The van der Waals surface area contributed by atoms with Gasteiger partial charge in [-0.2, -0.15) is 0 Å². The number of hydrogen-bond donors (Lipinski definition) is 1. The zero-order chi connectivity index (χ0) is 26.1. The molecule has 1 fully saturated rings. The van der Waals surface area contributed by atoms with Crippen LogP contribution in [0.3, 0.4) is 0 Å². The molecule has 1 atom stereocenters. The molecule has 4 rings (SSSR count). The van der Waals surface area contributed by atoms with Crippen molar-refractivity contribution in [1.82, 2.24) is 14.8 Å². The zero-order valence-corrected chi connectivity index (χ0v) is 22.7. The van der Waals surface area contributed by atoms with Crippen LogP contribution >= 0.6 is 11.6 Å². The lowest BCUT2D eigenvalue weighted by Gasteiger charge is -2.38. The highest BCUT2D eigenvalue weighted by Gasteiger charge is 2.35. The minimum absolute atomic E-state index is 0.0751. The lowest BCUT2D eigenvalue weighted by molar-refractivity contribution is 0.0239. The largest absolute Gasteiger partial charge is 0.496 e. The monoisotopic (exact) mass is 517 g/mol. The number of ether oxygens (including phenoxy) is 3. The van der Waals surface area contributed by atoms with E-state index >= 15 is 0 Å². The van der Waals surface area contributed by atoms with Gasteiger partial charge in [-0.15, -0.1) is 0 Å². The van der Waals surface area contributed by atoms with Crippen LogP contribution in [-0.4, -0.2) is 67.7 Å². The summed E-state index contributed by atoms with van der Waals surface area (Å²) in [6.45, 7) is 4.17. The Balaban J connectivity index is 1.55. The van der Waals surface area contributed by atoms with Gasteiger partial charge >= 0.3 is 0 Å². The van der Waals surface area contributed by atoms with Crippen molar-refractivity contribution >= 4 is 17.5 Å². The number of pyridine rings is 1. The van der Waals surface area contributed by atoms with E-state index in [9.17, 15) is 9.59 Å². The molecule has 0 bridgehead atoms. The van der Waals surface area contributed by atoms with E-state index in [4.69, 9.17) is 25.8 Å². The summed E-state index contributed by atoms with van der Waals surface area (Å²) >= 11 is 6.55. The minimum Gasteiger partial charge on any atom is -0.496 e. The second kappa shape index (κ2) is 10.7. The number of hydrogen-bond acceptors (Lipinski definition) is 6. The average molecular weight is 518 g/mol. The predicted molar refractivity (Wildman–Crippen MR) is 140 cm³/mol. The summed E-state index contributed by atoms with van der Waals surface area (Å²) in [6.07, 6.45) is 4.35. The summed E-state index contributed by atoms with van der Waals surface area (Å²) in [5.41, 5.74) is 1.89. The number of carbonyl (C=O) groups excluding carboxylic acids is 1. The van der Waals surface area contributed by atoms with Gasteiger partial charge in [0.15, 0.2) is 11.5 Å². The number of fused-ring (bicyclic) bond motifs is 1. The van der Waals surface area contributed by atoms with Crippen LogP contribution in [0.15, 0.2) is 16.9 Å². The predicted octanol–water partition coefficient (Wildman–Crippen LogP) is 4.19. The molecule has 9 heteroatoms. The molecule has 8 nitrogen and oxygen atoms in total. The fraction of sp³-hybridized carbons (Fsp3) is 0.556. The number of methoxy groups -OCH3 is 1. The van der Waals surface area contributed by atoms with Crippen LogP contribution < -0.4 is 19.8 Å². The zero-order valence-electron chi connectivity index (χ0n) is 21.9. The smallest absolute Gasteiger partial charge is 0.256 e. The van der Waals surface area contributed by atoms with E-state index in [2.05, 4.69) is 24.0 Å². The first-order valence-electron chi connectivity index (χ1n) is 12.4. The van der Waals surface area contributed by atoms with Gasteiger partial charge in [0.1, 0.15) is 18.5 Å². The van der Waals surface area contributed by atoms with E-state index in [0.29, 0.717) is 63.2 Å². The third kappa shape index (κ3) is 5.20.